The van der Waals surface area contributed by atoms with Crippen LogP contribution >= 0.6 is 0 Å². The topological polar surface area (TPSA) is 53.7 Å². The van der Waals surface area contributed by atoms with Crippen molar-refractivity contribution >= 4 is 28.3 Å². The zero-order chi connectivity index (χ0) is 16.0. The fourth-order valence-corrected chi connectivity index (χ4v) is 3.33. The first-order valence-electron chi connectivity index (χ1n) is 7.83. The lowest BCUT2D eigenvalue weighted by atomic mass is 10.0. The molecule has 1 amide bonds. The maximum Gasteiger partial charge on any atom is 0.222 e. The highest BCUT2D eigenvalue weighted by molar-refractivity contribution is 5.84. The number of nitrogens with zero attached hydrogens (tertiary/aromatic N) is 5. The number of aromatic nitrogens is 3. The molecule has 3 heterocycles. The molecule has 3 aromatic rings. The molecule has 1 aromatic carbocycles. The largest absolute Gasteiger partial charge is 0.353 e. The van der Waals surface area contributed by atoms with Gasteiger partial charge in [-0.3, -0.25) is 9.20 Å². The molecule has 4 rings (SSSR count). The molecule has 0 spiro atoms. The lowest BCUT2D eigenvalue weighted by Crippen LogP contribution is -2.47. The maximum atomic E-state index is 11.7. The Hall–Kier alpha value is -2.63. The summed E-state index contributed by atoms with van der Waals surface area (Å²) in [6.45, 7) is 0.726. The van der Waals surface area contributed by atoms with Crippen LogP contribution in [0, 0.1) is 0 Å². The van der Waals surface area contributed by atoms with Gasteiger partial charge in [-0.25, -0.2) is 9.97 Å². The standard InChI is InChI=1S/C17H19N5O/c1-20-10-12(7-8-16(20)23)21(2)17-15-9-18-11-22(15)14-6-4-3-5-13(14)19-17/h3-6,9,11-12H,7-8,10H2,1-2H3. The first-order chi connectivity index (χ1) is 11.1. The van der Waals surface area contributed by atoms with Crippen molar-refractivity contribution in [1.29, 1.82) is 0 Å². The van der Waals surface area contributed by atoms with Gasteiger partial charge in [0.15, 0.2) is 5.82 Å². The Morgan fingerprint density at radius 3 is 2.91 bits per heavy atom. The fourth-order valence-electron chi connectivity index (χ4n) is 3.33. The molecule has 6 nitrogen and oxygen atoms in total. The summed E-state index contributed by atoms with van der Waals surface area (Å²) in [5.41, 5.74) is 2.99. The SMILES string of the molecule is CN1CC(N(C)c2nc3ccccc3n3cncc23)CCC1=O. The Morgan fingerprint density at radius 1 is 1.26 bits per heavy atom. The average Bonchev–Trinajstić information content (AvgIpc) is 3.06. The van der Waals surface area contributed by atoms with E-state index in [4.69, 9.17) is 4.98 Å². The number of benzene rings is 1. The smallest absolute Gasteiger partial charge is 0.222 e. The van der Waals surface area contributed by atoms with Gasteiger partial charge in [-0.15, -0.1) is 0 Å². The third-order valence-corrected chi connectivity index (χ3v) is 4.72. The van der Waals surface area contributed by atoms with Gasteiger partial charge in [0, 0.05) is 33.1 Å². The number of rotatable bonds is 2. The maximum absolute atomic E-state index is 11.7. The van der Waals surface area contributed by atoms with Gasteiger partial charge in [0.05, 0.1) is 23.6 Å². The van der Waals surface area contributed by atoms with Crippen molar-refractivity contribution in [1.82, 2.24) is 19.3 Å². The summed E-state index contributed by atoms with van der Waals surface area (Å²) in [7, 11) is 3.92. The van der Waals surface area contributed by atoms with Crippen molar-refractivity contribution in [2.45, 2.75) is 18.9 Å². The number of hydrogen-bond donors (Lipinski definition) is 0. The summed E-state index contributed by atoms with van der Waals surface area (Å²) in [4.78, 5) is 24.9. The molecular formula is C17H19N5O. The summed E-state index contributed by atoms with van der Waals surface area (Å²) in [6, 6.07) is 8.34. The van der Waals surface area contributed by atoms with Crippen LogP contribution in [0.4, 0.5) is 5.82 Å². The number of fused-ring (bicyclic) bond motifs is 3. The van der Waals surface area contributed by atoms with Gasteiger partial charge in [-0.1, -0.05) is 12.1 Å². The second-order valence-corrected chi connectivity index (χ2v) is 6.15. The quantitative estimate of drug-likeness (QED) is 0.726. The number of carbonyl (C=O) groups is 1. The first kappa shape index (κ1) is 14.0. The molecule has 0 aliphatic carbocycles. The van der Waals surface area contributed by atoms with E-state index < -0.39 is 0 Å². The lowest BCUT2D eigenvalue weighted by Gasteiger charge is -2.36. The van der Waals surface area contributed by atoms with E-state index in [1.165, 1.54) is 0 Å². The molecular weight excluding hydrogens is 290 g/mol. The minimum atomic E-state index is 0.218. The van der Waals surface area contributed by atoms with Crippen LogP contribution in [0.25, 0.3) is 16.6 Å². The zero-order valence-electron chi connectivity index (χ0n) is 13.3. The van der Waals surface area contributed by atoms with Crippen molar-refractivity contribution in [3.8, 4) is 0 Å². The average molecular weight is 309 g/mol. The summed E-state index contributed by atoms with van der Waals surface area (Å²) in [5.74, 6) is 1.13. The molecule has 1 saturated heterocycles. The number of imidazole rings is 1. The molecule has 118 valence electrons. The summed E-state index contributed by atoms with van der Waals surface area (Å²) in [5, 5.41) is 0. The van der Waals surface area contributed by atoms with E-state index in [0.29, 0.717) is 6.42 Å². The third kappa shape index (κ3) is 2.21. The molecule has 1 aliphatic rings. The van der Waals surface area contributed by atoms with Crippen LogP contribution in [0.2, 0.25) is 0 Å². The molecule has 2 aromatic heterocycles. The van der Waals surface area contributed by atoms with Crippen LogP contribution in [-0.4, -0.2) is 51.9 Å². The molecule has 6 heteroatoms. The van der Waals surface area contributed by atoms with E-state index in [1.54, 1.807) is 4.90 Å². The Balaban J connectivity index is 1.80. The van der Waals surface area contributed by atoms with Crippen molar-refractivity contribution < 1.29 is 4.79 Å². The second kappa shape index (κ2) is 5.22. The molecule has 1 atom stereocenters. The van der Waals surface area contributed by atoms with E-state index in [9.17, 15) is 4.79 Å². The molecule has 1 fully saturated rings. The van der Waals surface area contributed by atoms with E-state index >= 15 is 0 Å². The van der Waals surface area contributed by atoms with Gasteiger partial charge in [0.25, 0.3) is 0 Å². The van der Waals surface area contributed by atoms with E-state index in [1.807, 2.05) is 43.8 Å². The number of hydrogen-bond acceptors (Lipinski definition) is 4. The Labute approximate surface area is 134 Å². The molecule has 1 aliphatic heterocycles. The summed E-state index contributed by atoms with van der Waals surface area (Å²) < 4.78 is 2.08. The second-order valence-electron chi connectivity index (χ2n) is 6.15. The van der Waals surface area contributed by atoms with Crippen LogP contribution in [0.15, 0.2) is 36.8 Å². The van der Waals surface area contributed by atoms with Crippen LogP contribution in [0.5, 0.6) is 0 Å². The normalized spacial score (nSPS) is 18.8. The zero-order valence-corrected chi connectivity index (χ0v) is 13.3. The lowest BCUT2D eigenvalue weighted by molar-refractivity contribution is -0.132. The van der Waals surface area contributed by atoms with Gasteiger partial charge in [0.1, 0.15) is 5.52 Å². The first-order valence-corrected chi connectivity index (χ1v) is 7.83. The van der Waals surface area contributed by atoms with Gasteiger partial charge in [0.2, 0.25) is 5.91 Å². The number of carbonyl (C=O) groups excluding carboxylic acids is 1. The monoisotopic (exact) mass is 309 g/mol. The fraction of sp³-hybridized carbons (Fsp3) is 0.353. The molecule has 23 heavy (non-hydrogen) atoms. The summed E-state index contributed by atoms with van der Waals surface area (Å²) in [6.07, 6.45) is 5.12. The van der Waals surface area contributed by atoms with E-state index in [-0.39, 0.29) is 11.9 Å². The molecule has 0 bridgehead atoms. The predicted molar refractivity (Wildman–Crippen MR) is 89.6 cm³/mol. The van der Waals surface area contributed by atoms with Crippen molar-refractivity contribution in [3.05, 3.63) is 36.8 Å². The molecule has 0 radical (unpaired) electrons. The highest BCUT2D eigenvalue weighted by Gasteiger charge is 2.27. The van der Waals surface area contributed by atoms with E-state index in [0.717, 1.165) is 35.3 Å². The number of anilines is 1. The van der Waals surface area contributed by atoms with Gasteiger partial charge in [-0.2, -0.15) is 0 Å². The Bertz CT molecular complexity index is 887. The number of para-hydroxylation sites is 2. The minimum absolute atomic E-state index is 0.218. The highest BCUT2D eigenvalue weighted by atomic mass is 16.2. The van der Waals surface area contributed by atoms with E-state index in [2.05, 4.69) is 21.3 Å². The van der Waals surface area contributed by atoms with Crippen LogP contribution < -0.4 is 4.90 Å². The molecule has 0 saturated carbocycles. The number of amides is 1. The number of piperidine rings is 1. The number of likely N-dealkylation sites (N-methyl/N-ethyl adjacent to an activating group) is 2. The predicted octanol–water partition coefficient (Wildman–Crippen LogP) is 1.94. The molecule has 1 unspecified atom stereocenters. The Kier molecular flexibility index (Phi) is 3.18. The number of likely N-dealkylation sites (tertiary alicyclic amines) is 1. The van der Waals surface area contributed by atoms with Gasteiger partial charge < -0.3 is 9.80 Å². The minimum Gasteiger partial charge on any atom is -0.353 e. The van der Waals surface area contributed by atoms with Crippen LogP contribution in [0.3, 0.4) is 0 Å². The van der Waals surface area contributed by atoms with Crippen LogP contribution in [0.1, 0.15) is 12.8 Å². The third-order valence-electron chi connectivity index (χ3n) is 4.72. The van der Waals surface area contributed by atoms with Gasteiger partial charge in [-0.05, 0) is 18.6 Å². The molecule has 0 N–H and O–H groups in total. The van der Waals surface area contributed by atoms with Crippen molar-refractivity contribution in [2.24, 2.45) is 0 Å². The van der Waals surface area contributed by atoms with Gasteiger partial charge >= 0.3 is 0 Å². The van der Waals surface area contributed by atoms with Crippen molar-refractivity contribution in [2.75, 3.05) is 25.5 Å². The Morgan fingerprint density at radius 2 is 2.09 bits per heavy atom. The van der Waals surface area contributed by atoms with Crippen LogP contribution in [-0.2, 0) is 4.79 Å². The summed E-state index contributed by atoms with van der Waals surface area (Å²) >= 11 is 0. The van der Waals surface area contributed by atoms with Crippen molar-refractivity contribution in [3.63, 3.8) is 0 Å². The highest BCUT2D eigenvalue weighted by Crippen LogP contribution is 2.27.